The van der Waals surface area contributed by atoms with E-state index in [9.17, 15) is 0 Å². The molecule has 3 heteroatoms. The van der Waals surface area contributed by atoms with E-state index in [1.165, 1.54) is 39.0 Å². The van der Waals surface area contributed by atoms with E-state index in [4.69, 9.17) is 4.99 Å². The van der Waals surface area contributed by atoms with E-state index in [1.807, 2.05) is 47.8 Å². The average molecular weight is 594 g/mol. The lowest BCUT2D eigenvalue weighted by atomic mass is 10.0. The second-order valence-corrected chi connectivity index (χ2v) is 10.4. The Labute approximate surface area is 270 Å². The lowest BCUT2D eigenvalue weighted by Gasteiger charge is -2.07. The van der Waals surface area contributed by atoms with Crippen molar-refractivity contribution in [3.63, 3.8) is 0 Å². The second kappa shape index (κ2) is 23.5. The Kier molecular flexibility index (Phi) is 21.3. The first-order valence-corrected chi connectivity index (χ1v) is 16.1. The van der Waals surface area contributed by atoms with Gasteiger partial charge in [-0.2, -0.15) is 0 Å². The molecule has 0 spiro atoms. The number of nitrogens with zero attached hydrogens (tertiary/aromatic N) is 2. The van der Waals surface area contributed by atoms with Gasteiger partial charge in [0.2, 0.25) is 0 Å². The maximum absolute atomic E-state index is 4.79. The minimum absolute atomic E-state index is 0.732. The van der Waals surface area contributed by atoms with Crippen molar-refractivity contribution in [2.75, 3.05) is 6.54 Å². The summed E-state index contributed by atoms with van der Waals surface area (Å²) < 4.78 is 0. The van der Waals surface area contributed by atoms with Crippen molar-refractivity contribution in [3.8, 4) is 0 Å². The number of allylic oxidation sites excluding steroid dienone is 4. The van der Waals surface area contributed by atoms with Crippen LogP contribution in [0, 0.1) is 20.8 Å². The number of nitrogens with one attached hydrogen (secondary N) is 1. The molecule has 3 aromatic carbocycles. The molecule has 44 heavy (non-hydrogen) atoms. The molecule has 3 nitrogen and oxygen atoms in total. The van der Waals surface area contributed by atoms with Gasteiger partial charge in [-0.1, -0.05) is 120 Å². The molecule has 0 unspecified atom stereocenters. The molecule has 0 aliphatic carbocycles. The first-order valence-electron chi connectivity index (χ1n) is 16.1. The minimum atomic E-state index is 0.732. The number of aryl methyl sites for hydroxylation is 4. The van der Waals surface area contributed by atoms with Gasteiger partial charge in [-0.3, -0.25) is 9.98 Å². The Bertz CT molecular complexity index is 1370. The van der Waals surface area contributed by atoms with E-state index in [0.717, 1.165) is 42.2 Å². The van der Waals surface area contributed by atoms with Crippen LogP contribution in [0.2, 0.25) is 0 Å². The summed E-state index contributed by atoms with van der Waals surface area (Å²) >= 11 is 0. The zero-order valence-electron chi connectivity index (χ0n) is 29.8. The first-order chi connectivity index (χ1) is 21.1. The van der Waals surface area contributed by atoms with Crippen molar-refractivity contribution in [1.82, 2.24) is 5.32 Å². The third kappa shape index (κ3) is 16.0. The first kappa shape index (κ1) is 40.0. The molecule has 0 saturated heterocycles. The number of hydrogen-bond acceptors (Lipinski definition) is 3. The highest BCUT2D eigenvalue weighted by Crippen LogP contribution is 2.15. The molecule has 0 radical (unpaired) electrons. The summed E-state index contributed by atoms with van der Waals surface area (Å²) in [5, 5.41) is 3.21. The summed E-state index contributed by atoms with van der Waals surface area (Å²) in [6, 6.07) is 25.4. The van der Waals surface area contributed by atoms with Crippen molar-refractivity contribution in [2.24, 2.45) is 9.98 Å². The molecular formula is C41H59N3. The predicted molar refractivity (Wildman–Crippen MR) is 199 cm³/mol. The fourth-order valence-electron chi connectivity index (χ4n) is 3.88. The van der Waals surface area contributed by atoms with Crippen LogP contribution in [-0.4, -0.2) is 18.5 Å². The van der Waals surface area contributed by atoms with Gasteiger partial charge >= 0.3 is 0 Å². The van der Waals surface area contributed by atoms with Crippen LogP contribution in [-0.2, 0) is 13.0 Å². The number of rotatable bonds is 5. The van der Waals surface area contributed by atoms with Crippen LogP contribution in [0.1, 0.15) is 95.7 Å². The number of hydrogen-bond donors (Lipinski definition) is 1. The molecule has 1 aliphatic heterocycles. The largest absolute Gasteiger partial charge is 0.385 e. The van der Waals surface area contributed by atoms with Crippen LogP contribution < -0.4 is 5.32 Å². The van der Waals surface area contributed by atoms with Crippen molar-refractivity contribution in [2.45, 2.75) is 96.1 Å². The summed E-state index contributed by atoms with van der Waals surface area (Å²) in [7, 11) is 0. The maximum atomic E-state index is 4.79. The number of benzene rings is 3. The van der Waals surface area contributed by atoms with Gasteiger partial charge < -0.3 is 5.32 Å². The highest BCUT2D eigenvalue weighted by atomic mass is 14.9. The molecular weight excluding hydrogens is 534 g/mol. The Morgan fingerprint density at radius 1 is 0.773 bits per heavy atom. The minimum Gasteiger partial charge on any atom is -0.385 e. The van der Waals surface area contributed by atoms with Crippen molar-refractivity contribution in [3.05, 3.63) is 141 Å². The van der Waals surface area contributed by atoms with Gasteiger partial charge in [0.25, 0.3) is 0 Å². The Balaban J connectivity index is 0.000000636. The van der Waals surface area contributed by atoms with Crippen molar-refractivity contribution < 1.29 is 0 Å². The van der Waals surface area contributed by atoms with Crippen LogP contribution in [0.25, 0.3) is 0 Å². The average Bonchev–Trinajstić information content (AvgIpc) is 3.09. The normalized spacial score (nSPS) is 15.9. The predicted octanol–water partition coefficient (Wildman–Crippen LogP) is 11.3. The van der Waals surface area contributed by atoms with Gasteiger partial charge in [0.15, 0.2) is 0 Å². The van der Waals surface area contributed by atoms with Crippen LogP contribution in [0.4, 0.5) is 0 Å². The van der Waals surface area contributed by atoms with Gasteiger partial charge in [-0.05, 0) is 94.4 Å². The Hall–Kier alpha value is -3.98. The molecule has 4 rings (SSSR count). The Morgan fingerprint density at radius 3 is 1.89 bits per heavy atom. The van der Waals surface area contributed by atoms with Gasteiger partial charge in [0, 0.05) is 29.7 Å². The van der Waals surface area contributed by atoms with Crippen molar-refractivity contribution >= 4 is 11.9 Å². The smallest absolute Gasteiger partial charge is 0.0708 e. The molecule has 1 aliphatic rings. The van der Waals surface area contributed by atoms with E-state index in [0.29, 0.717) is 0 Å². The molecule has 0 saturated carbocycles. The van der Waals surface area contributed by atoms with Crippen LogP contribution in [0.5, 0.6) is 0 Å². The second-order valence-electron chi connectivity index (χ2n) is 10.4. The van der Waals surface area contributed by atoms with Gasteiger partial charge in [0.1, 0.15) is 0 Å². The molecule has 238 valence electrons. The third-order valence-corrected chi connectivity index (χ3v) is 6.66. The molecule has 0 atom stereocenters. The molecule has 1 N–H and O–H groups in total. The third-order valence-electron chi connectivity index (χ3n) is 6.66. The summed E-state index contributed by atoms with van der Waals surface area (Å²) in [5.74, 6) is 0. The quantitative estimate of drug-likeness (QED) is 0.314. The van der Waals surface area contributed by atoms with Crippen LogP contribution >= 0.6 is 0 Å². The molecule has 0 fully saturated rings. The van der Waals surface area contributed by atoms with Crippen LogP contribution in [0.3, 0.4) is 0 Å². The highest BCUT2D eigenvalue weighted by Gasteiger charge is 2.07. The van der Waals surface area contributed by atoms with E-state index in [2.05, 4.69) is 137 Å². The monoisotopic (exact) mass is 593 g/mol. The van der Waals surface area contributed by atoms with Gasteiger partial charge in [-0.25, -0.2) is 0 Å². The van der Waals surface area contributed by atoms with Crippen molar-refractivity contribution in [1.29, 1.82) is 0 Å². The lowest BCUT2D eigenvalue weighted by Crippen LogP contribution is -2.10. The summed E-state index contributed by atoms with van der Waals surface area (Å²) in [6.07, 6.45) is 5.19. The summed E-state index contributed by atoms with van der Waals surface area (Å²) in [5.41, 5.74) is 13.3. The SMILES string of the molecule is C/C1=C/C(c2ccccc2C)=N/C(C)=C(\C)C=NC1.C=C(C)NCc1ccccc1C.CC.CC.CCc1ccc(C)cc1. The highest BCUT2D eigenvalue weighted by molar-refractivity contribution is 6.10. The molecule has 0 amide bonds. The van der Waals surface area contributed by atoms with Gasteiger partial charge in [0.05, 0.1) is 12.3 Å². The summed E-state index contributed by atoms with van der Waals surface area (Å²) in [4.78, 5) is 9.22. The Morgan fingerprint density at radius 2 is 1.34 bits per heavy atom. The topological polar surface area (TPSA) is 36.8 Å². The van der Waals surface area contributed by atoms with E-state index >= 15 is 0 Å². The maximum Gasteiger partial charge on any atom is 0.0708 e. The number of aliphatic imine (C=N–C) groups is 2. The standard InChI is InChI=1S/C17H20N2.C11H15N.C9H12.2C2H6/c1-12-9-17(16-8-6-5-7-13(16)2)19-15(4)14(3)11-18-10-12;1-9(2)12-8-11-7-5-4-6-10(11)3;1-3-9-6-4-8(2)5-7-9;2*1-2/h5-9,11H,10H2,1-4H3;4-7,12H,1,8H2,2-3H3;4-7H,3H2,1-2H3;2*1-2H3/b12-9-,15-14+,18-11?,19-17-;;;;. The summed E-state index contributed by atoms with van der Waals surface area (Å²) in [6.45, 7) is 30.1. The zero-order valence-corrected chi connectivity index (χ0v) is 29.8. The molecule has 0 aromatic heterocycles. The molecule has 0 bridgehead atoms. The van der Waals surface area contributed by atoms with Gasteiger partial charge in [-0.15, -0.1) is 0 Å². The molecule has 1 heterocycles. The fraction of sp³-hybridized carbons (Fsp3) is 0.366. The van der Waals surface area contributed by atoms with E-state index in [1.54, 1.807) is 0 Å². The lowest BCUT2D eigenvalue weighted by molar-refractivity contribution is 0.810. The van der Waals surface area contributed by atoms with Crippen LogP contribution in [0.15, 0.2) is 118 Å². The fourth-order valence-corrected chi connectivity index (χ4v) is 3.88. The zero-order chi connectivity index (χ0) is 33.5. The van der Waals surface area contributed by atoms with E-state index < -0.39 is 0 Å². The van der Waals surface area contributed by atoms with E-state index in [-0.39, 0.29) is 0 Å². The molecule has 3 aromatic rings.